The van der Waals surface area contributed by atoms with Crippen molar-refractivity contribution in [2.24, 2.45) is 0 Å². The summed E-state index contributed by atoms with van der Waals surface area (Å²) in [5.41, 5.74) is 0.427. The van der Waals surface area contributed by atoms with Crippen molar-refractivity contribution in [1.29, 1.82) is 0 Å². The SMILES string of the molecule is C[C@H](C(=O)Nc1ccc(F)cc1Cl)[NH+]1CCN(c2ncccn2)CC1. The van der Waals surface area contributed by atoms with Crippen molar-refractivity contribution < 1.29 is 14.1 Å². The quantitative estimate of drug-likeness (QED) is 0.849. The van der Waals surface area contributed by atoms with Gasteiger partial charge >= 0.3 is 0 Å². The maximum absolute atomic E-state index is 13.1. The molecular formula is C17H20ClFN5O+. The monoisotopic (exact) mass is 364 g/mol. The first-order valence-electron chi connectivity index (χ1n) is 8.17. The third kappa shape index (κ3) is 4.24. The smallest absolute Gasteiger partial charge is 0.282 e. The van der Waals surface area contributed by atoms with Crippen molar-refractivity contribution in [3.05, 3.63) is 47.5 Å². The fourth-order valence-electron chi connectivity index (χ4n) is 2.90. The number of quaternary nitrogens is 1. The van der Waals surface area contributed by atoms with Crippen molar-refractivity contribution in [2.75, 3.05) is 36.4 Å². The van der Waals surface area contributed by atoms with Gasteiger partial charge in [0.25, 0.3) is 5.91 Å². The highest BCUT2D eigenvalue weighted by Crippen LogP contribution is 2.22. The molecule has 1 saturated heterocycles. The number of halogens is 2. The van der Waals surface area contributed by atoms with Crippen molar-refractivity contribution >= 4 is 29.1 Å². The Morgan fingerprint density at radius 3 is 2.64 bits per heavy atom. The van der Waals surface area contributed by atoms with Crippen LogP contribution in [0, 0.1) is 5.82 Å². The van der Waals surface area contributed by atoms with Crippen LogP contribution in [0.2, 0.25) is 5.02 Å². The van der Waals surface area contributed by atoms with E-state index in [9.17, 15) is 9.18 Å². The number of rotatable bonds is 4. The van der Waals surface area contributed by atoms with Crippen molar-refractivity contribution in [3.63, 3.8) is 0 Å². The highest BCUT2D eigenvalue weighted by atomic mass is 35.5. The van der Waals surface area contributed by atoms with Gasteiger partial charge in [0, 0.05) is 12.4 Å². The molecule has 1 amide bonds. The lowest BCUT2D eigenvalue weighted by molar-refractivity contribution is -0.914. The van der Waals surface area contributed by atoms with E-state index in [2.05, 4.69) is 20.2 Å². The first-order valence-corrected chi connectivity index (χ1v) is 8.55. The molecule has 1 atom stereocenters. The van der Waals surface area contributed by atoms with Crippen LogP contribution in [0.5, 0.6) is 0 Å². The minimum atomic E-state index is -0.430. The molecule has 2 aromatic rings. The largest absolute Gasteiger partial charge is 0.330 e. The number of benzene rings is 1. The number of amides is 1. The molecule has 0 radical (unpaired) electrons. The van der Waals surface area contributed by atoms with E-state index in [1.165, 1.54) is 23.1 Å². The first kappa shape index (κ1) is 17.6. The average Bonchev–Trinajstić information content (AvgIpc) is 2.64. The van der Waals surface area contributed by atoms with Crippen LogP contribution in [0.3, 0.4) is 0 Å². The lowest BCUT2D eigenvalue weighted by Crippen LogP contribution is -3.19. The van der Waals surface area contributed by atoms with E-state index in [0.29, 0.717) is 5.69 Å². The second-order valence-corrected chi connectivity index (χ2v) is 6.44. The second-order valence-electron chi connectivity index (χ2n) is 6.03. The summed E-state index contributed by atoms with van der Waals surface area (Å²) in [6.07, 6.45) is 3.45. The van der Waals surface area contributed by atoms with Crippen molar-refractivity contribution in [1.82, 2.24) is 9.97 Å². The molecule has 1 aromatic heterocycles. The van der Waals surface area contributed by atoms with E-state index in [-0.39, 0.29) is 17.0 Å². The number of carbonyl (C=O) groups is 1. The Bertz CT molecular complexity index is 737. The summed E-state index contributed by atoms with van der Waals surface area (Å²) in [5.74, 6) is 0.158. The van der Waals surface area contributed by atoms with Crippen LogP contribution in [0.1, 0.15) is 6.92 Å². The average molecular weight is 365 g/mol. The van der Waals surface area contributed by atoms with E-state index in [1.54, 1.807) is 18.5 Å². The lowest BCUT2D eigenvalue weighted by Gasteiger charge is -2.34. The zero-order valence-corrected chi connectivity index (χ0v) is 14.6. The minimum Gasteiger partial charge on any atom is -0.330 e. The zero-order chi connectivity index (χ0) is 17.8. The number of hydrogen-bond acceptors (Lipinski definition) is 4. The Morgan fingerprint density at radius 2 is 2.00 bits per heavy atom. The number of nitrogens with one attached hydrogen (secondary N) is 2. The van der Waals surface area contributed by atoms with E-state index < -0.39 is 5.82 Å². The third-order valence-corrected chi connectivity index (χ3v) is 4.75. The van der Waals surface area contributed by atoms with Gasteiger partial charge < -0.3 is 15.1 Å². The van der Waals surface area contributed by atoms with E-state index in [1.807, 2.05) is 6.92 Å². The molecule has 6 nitrogen and oxygen atoms in total. The molecule has 1 aliphatic rings. The van der Waals surface area contributed by atoms with Crippen LogP contribution < -0.4 is 15.1 Å². The number of piperazine rings is 1. The Balaban J connectivity index is 1.56. The maximum Gasteiger partial charge on any atom is 0.282 e. The topological polar surface area (TPSA) is 62.6 Å². The fourth-order valence-corrected chi connectivity index (χ4v) is 3.11. The van der Waals surface area contributed by atoms with E-state index >= 15 is 0 Å². The number of aromatic nitrogens is 2. The predicted octanol–water partition coefficient (Wildman–Crippen LogP) is 1.00. The summed E-state index contributed by atoms with van der Waals surface area (Å²) in [4.78, 5) is 24.3. The lowest BCUT2D eigenvalue weighted by atomic mass is 10.2. The third-order valence-electron chi connectivity index (χ3n) is 4.44. The van der Waals surface area contributed by atoms with Crippen LogP contribution >= 0.6 is 11.6 Å². The highest BCUT2D eigenvalue weighted by Gasteiger charge is 2.30. The van der Waals surface area contributed by atoms with E-state index in [0.717, 1.165) is 32.1 Å². The molecule has 1 aromatic carbocycles. The van der Waals surface area contributed by atoms with Gasteiger partial charge in [0.2, 0.25) is 5.95 Å². The summed E-state index contributed by atoms with van der Waals surface area (Å²) in [6, 6.07) is 5.49. The number of hydrogen-bond donors (Lipinski definition) is 2. The van der Waals surface area contributed by atoms with Crippen LogP contribution in [0.4, 0.5) is 16.0 Å². The fraction of sp³-hybridized carbons (Fsp3) is 0.353. The molecule has 3 rings (SSSR count). The Labute approximate surface area is 150 Å². The summed E-state index contributed by atoms with van der Waals surface area (Å²) < 4.78 is 13.1. The normalized spacial score (nSPS) is 16.5. The maximum atomic E-state index is 13.1. The standard InChI is InChI=1S/C17H19ClFN5O/c1-12(16(25)22-15-4-3-13(19)11-14(15)18)23-7-9-24(10-8-23)17-20-5-2-6-21-17/h2-6,11-12H,7-10H2,1H3,(H,22,25)/p+1/t12-/m1/s1. The molecule has 8 heteroatoms. The van der Waals surface area contributed by atoms with Gasteiger partial charge in [-0.25, -0.2) is 14.4 Å². The zero-order valence-electron chi connectivity index (χ0n) is 13.9. The number of anilines is 2. The molecule has 0 saturated carbocycles. The first-order chi connectivity index (χ1) is 12.0. The highest BCUT2D eigenvalue weighted by molar-refractivity contribution is 6.33. The number of nitrogens with zero attached hydrogens (tertiary/aromatic N) is 3. The Hall–Kier alpha value is -2.25. The van der Waals surface area contributed by atoms with Crippen LogP contribution in [0.25, 0.3) is 0 Å². The summed E-state index contributed by atoms with van der Waals surface area (Å²) in [6.45, 7) is 5.08. The van der Waals surface area contributed by atoms with Gasteiger partial charge in [-0.2, -0.15) is 0 Å². The molecule has 25 heavy (non-hydrogen) atoms. The predicted molar refractivity (Wildman–Crippen MR) is 94.4 cm³/mol. The molecule has 132 valence electrons. The van der Waals surface area contributed by atoms with Gasteiger partial charge in [-0.05, 0) is 31.2 Å². The van der Waals surface area contributed by atoms with Crippen LogP contribution in [-0.2, 0) is 4.79 Å². The Morgan fingerprint density at radius 1 is 1.32 bits per heavy atom. The van der Waals surface area contributed by atoms with Crippen molar-refractivity contribution in [2.45, 2.75) is 13.0 Å². The molecule has 0 unspecified atom stereocenters. The van der Waals surface area contributed by atoms with Crippen LogP contribution in [0.15, 0.2) is 36.7 Å². The van der Waals surface area contributed by atoms with Gasteiger partial charge in [-0.1, -0.05) is 11.6 Å². The van der Waals surface area contributed by atoms with Gasteiger partial charge in [-0.3, -0.25) is 4.79 Å². The molecule has 2 heterocycles. The molecule has 1 fully saturated rings. The summed E-state index contributed by atoms with van der Waals surface area (Å²) >= 11 is 5.97. The minimum absolute atomic E-state index is 0.132. The molecule has 0 bridgehead atoms. The van der Waals surface area contributed by atoms with Gasteiger partial charge in [0.15, 0.2) is 6.04 Å². The van der Waals surface area contributed by atoms with Crippen LogP contribution in [-0.4, -0.2) is 48.1 Å². The molecule has 2 N–H and O–H groups in total. The number of carbonyl (C=O) groups excluding carboxylic acids is 1. The van der Waals surface area contributed by atoms with Gasteiger partial charge in [0.1, 0.15) is 5.82 Å². The van der Waals surface area contributed by atoms with E-state index in [4.69, 9.17) is 11.6 Å². The van der Waals surface area contributed by atoms with Gasteiger partial charge in [0.05, 0.1) is 36.9 Å². The second kappa shape index (κ2) is 7.76. The molecule has 0 aliphatic carbocycles. The molecular weight excluding hydrogens is 345 g/mol. The molecule has 1 aliphatic heterocycles. The van der Waals surface area contributed by atoms with Crippen molar-refractivity contribution in [3.8, 4) is 0 Å². The summed E-state index contributed by atoms with van der Waals surface area (Å²) in [5, 5.41) is 2.98. The van der Waals surface area contributed by atoms with Gasteiger partial charge in [-0.15, -0.1) is 0 Å². The molecule has 0 spiro atoms. The Kier molecular flexibility index (Phi) is 5.45. The summed E-state index contributed by atoms with van der Waals surface area (Å²) in [7, 11) is 0.